The number of urea groups is 1. The average Bonchev–Trinajstić information content (AvgIpc) is 3.46. The highest BCUT2D eigenvalue weighted by Gasteiger charge is 2.36. The van der Waals surface area contributed by atoms with Crippen LogP contribution in [0.5, 0.6) is 5.75 Å². The van der Waals surface area contributed by atoms with E-state index in [2.05, 4.69) is 22.9 Å². The number of benzene rings is 3. The van der Waals surface area contributed by atoms with Crippen molar-refractivity contribution in [2.24, 2.45) is 0 Å². The van der Waals surface area contributed by atoms with Crippen LogP contribution in [0.4, 0.5) is 16.2 Å². The standard InChI is InChI=1S/C32H34N4O3/c1-3-5-21-34(32(38)33-25-16-9-12-20-29(25)39-4-2)23-30(37)36-27-18-11-10-17-26(27)35-22-13-19-28(35)31(36)24-14-7-6-8-15-24/h6-20,22,31H,3-5,21,23H2,1-2H3,(H,33,38). The van der Waals surface area contributed by atoms with E-state index in [1.807, 2.05) is 103 Å². The molecular weight excluding hydrogens is 488 g/mol. The molecule has 1 aliphatic rings. The summed E-state index contributed by atoms with van der Waals surface area (Å²) >= 11 is 0. The number of carbonyl (C=O) groups excluding carboxylic acids is 2. The lowest BCUT2D eigenvalue weighted by Gasteiger charge is -2.39. The molecule has 1 aromatic heterocycles. The zero-order valence-electron chi connectivity index (χ0n) is 22.4. The van der Waals surface area contributed by atoms with Crippen LogP contribution in [0, 0.1) is 0 Å². The number of amides is 3. The molecule has 0 radical (unpaired) electrons. The van der Waals surface area contributed by atoms with Gasteiger partial charge in [-0.2, -0.15) is 0 Å². The van der Waals surface area contributed by atoms with Crippen LogP contribution in [0.2, 0.25) is 0 Å². The fourth-order valence-electron chi connectivity index (χ4n) is 5.10. The molecule has 0 aliphatic carbocycles. The number of fused-ring (bicyclic) bond motifs is 3. The fourth-order valence-corrected chi connectivity index (χ4v) is 5.10. The number of unbranched alkanes of at least 4 members (excludes halogenated alkanes) is 1. The van der Waals surface area contributed by atoms with Crippen molar-refractivity contribution >= 4 is 23.3 Å². The Bertz CT molecular complexity index is 1430. The summed E-state index contributed by atoms with van der Waals surface area (Å²) in [6.45, 7) is 4.87. The van der Waals surface area contributed by atoms with Crippen LogP contribution in [-0.4, -0.2) is 41.1 Å². The van der Waals surface area contributed by atoms with Crippen LogP contribution in [0.15, 0.2) is 97.2 Å². The minimum atomic E-state index is -0.325. The number of hydrogen-bond donors (Lipinski definition) is 1. The van der Waals surface area contributed by atoms with Gasteiger partial charge in [-0.25, -0.2) is 4.79 Å². The molecule has 1 N–H and O–H groups in total. The van der Waals surface area contributed by atoms with Gasteiger partial charge in [0.15, 0.2) is 0 Å². The van der Waals surface area contributed by atoms with Crippen LogP contribution in [-0.2, 0) is 4.79 Å². The van der Waals surface area contributed by atoms with Crippen LogP contribution in [0.25, 0.3) is 5.69 Å². The van der Waals surface area contributed by atoms with E-state index in [1.165, 1.54) is 0 Å². The predicted molar refractivity (Wildman–Crippen MR) is 155 cm³/mol. The van der Waals surface area contributed by atoms with Crippen LogP contribution in [0.3, 0.4) is 0 Å². The van der Waals surface area contributed by atoms with E-state index in [4.69, 9.17) is 4.74 Å². The SMILES string of the molecule is CCCCN(CC(=O)N1c2ccccc2-n2cccc2C1c1ccccc1)C(=O)Nc1ccccc1OCC. The van der Waals surface area contributed by atoms with E-state index in [1.54, 1.807) is 4.90 Å². The Hall–Kier alpha value is -4.52. The third-order valence-corrected chi connectivity index (χ3v) is 6.93. The molecular formula is C32H34N4O3. The number of rotatable bonds is 9. The first-order valence-corrected chi connectivity index (χ1v) is 13.5. The number of para-hydroxylation sites is 4. The quantitative estimate of drug-likeness (QED) is 0.268. The number of aromatic nitrogens is 1. The molecule has 7 nitrogen and oxygen atoms in total. The highest BCUT2D eigenvalue weighted by atomic mass is 16.5. The van der Waals surface area contributed by atoms with Crippen molar-refractivity contribution in [3.05, 3.63) is 108 Å². The molecule has 4 aromatic rings. The van der Waals surface area contributed by atoms with Crippen molar-refractivity contribution in [1.29, 1.82) is 0 Å². The van der Waals surface area contributed by atoms with E-state index in [0.29, 0.717) is 24.6 Å². The Morgan fingerprint density at radius 3 is 2.36 bits per heavy atom. The van der Waals surface area contributed by atoms with Gasteiger partial charge in [-0.1, -0.05) is 67.9 Å². The number of carbonyl (C=O) groups is 2. The van der Waals surface area contributed by atoms with Gasteiger partial charge < -0.3 is 19.5 Å². The molecule has 5 rings (SSSR count). The molecule has 3 aromatic carbocycles. The van der Waals surface area contributed by atoms with E-state index < -0.39 is 0 Å². The largest absolute Gasteiger partial charge is 0.492 e. The monoisotopic (exact) mass is 522 g/mol. The Morgan fingerprint density at radius 1 is 0.872 bits per heavy atom. The molecule has 0 bridgehead atoms. The van der Waals surface area contributed by atoms with Gasteiger partial charge in [-0.3, -0.25) is 9.69 Å². The summed E-state index contributed by atoms with van der Waals surface area (Å²) in [7, 11) is 0. The zero-order valence-corrected chi connectivity index (χ0v) is 22.4. The third-order valence-electron chi connectivity index (χ3n) is 6.93. The lowest BCUT2D eigenvalue weighted by Crippen LogP contribution is -2.48. The number of ether oxygens (including phenoxy) is 1. The van der Waals surface area contributed by atoms with Crippen molar-refractivity contribution in [1.82, 2.24) is 9.47 Å². The van der Waals surface area contributed by atoms with Crippen LogP contribution < -0.4 is 15.0 Å². The van der Waals surface area contributed by atoms with Gasteiger partial charge in [0.05, 0.1) is 29.4 Å². The fraction of sp³-hybridized carbons (Fsp3) is 0.250. The van der Waals surface area contributed by atoms with Crippen LogP contribution in [0.1, 0.15) is 44.0 Å². The highest BCUT2D eigenvalue weighted by Crippen LogP contribution is 2.42. The van der Waals surface area contributed by atoms with Gasteiger partial charge in [0.2, 0.25) is 5.91 Å². The van der Waals surface area contributed by atoms with Crippen LogP contribution >= 0.6 is 0 Å². The molecule has 1 aliphatic heterocycles. The van der Waals surface area contributed by atoms with Gasteiger partial charge >= 0.3 is 6.03 Å². The lowest BCUT2D eigenvalue weighted by atomic mass is 9.97. The molecule has 1 unspecified atom stereocenters. The smallest absolute Gasteiger partial charge is 0.322 e. The molecule has 7 heteroatoms. The normalized spacial score (nSPS) is 13.8. The molecule has 0 saturated heterocycles. The van der Waals surface area contributed by atoms with Gasteiger partial charge in [0.25, 0.3) is 0 Å². The first-order valence-electron chi connectivity index (χ1n) is 13.5. The maximum absolute atomic E-state index is 14.2. The maximum atomic E-state index is 14.2. The maximum Gasteiger partial charge on any atom is 0.322 e. The van der Waals surface area contributed by atoms with E-state index in [-0.39, 0.29) is 24.5 Å². The van der Waals surface area contributed by atoms with Crippen molar-refractivity contribution in [2.75, 3.05) is 29.9 Å². The van der Waals surface area contributed by atoms with Crippen molar-refractivity contribution in [3.63, 3.8) is 0 Å². The number of anilines is 2. The Balaban J connectivity index is 1.48. The first kappa shape index (κ1) is 26.1. The Labute approximate surface area is 229 Å². The lowest BCUT2D eigenvalue weighted by molar-refractivity contribution is -0.119. The second-order valence-corrected chi connectivity index (χ2v) is 9.50. The van der Waals surface area contributed by atoms with E-state index >= 15 is 0 Å². The van der Waals surface area contributed by atoms with Crippen molar-refractivity contribution in [2.45, 2.75) is 32.7 Å². The summed E-state index contributed by atoms with van der Waals surface area (Å²) in [6.07, 6.45) is 3.72. The van der Waals surface area contributed by atoms with Gasteiger partial charge in [0.1, 0.15) is 18.3 Å². The van der Waals surface area contributed by atoms with Crippen molar-refractivity contribution in [3.8, 4) is 11.4 Å². The second-order valence-electron chi connectivity index (χ2n) is 9.50. The molecule has 200 valence electrons. The second kappa shape index (κ2) is 11.9. The summed E-state index contributed by atoms with van der Waals surface area (Å²) in [5, 5.41) is 2.97. The summed E-state index contributed by atoms with van der Waals surface area (Å²) < 4.78 is 7.83. The zero-order chi connectivity index (χ0) is 27.2. The number of nitrogens with zero attached hydrogens (tertiary/aromatic N) is 3. The summed E-state index contributed by atoms with van der Waals surface area (Å²) in [5.74, 6) is 0.457. The topological polar surface area (TPSA) is 66.8 Å². The predicted octanol–water partition coefficient (Wildman–Crippen LogP) is 6.65. The summed E-state index contributed by atoms with van der Waals surface area (Å²) in [6, 6.07) is 28.7. The summed E-state index contributed by atoms with van der Waals surface area (Å²) in [5.41, 5.74) is 4.35. The number of nitrogens with one attached hydrogen (secondary N) is 1. The van der Waals surface area contributed by atoms with E-state index in [0.717, 1.165) is 35.5 Å². The molecule has 0 fully saturated rings. The molecule has 0 saturated carbocycles. The average molecular weight is 523 g/mol. The third kappa shape index (κ3) is 5.39. The number of hydrogen-bond acceptors (Lipinski definition) is 3. The molecule has 0 spiro atoms. The molecule has 3 amide bonds. The van der Waals surface area contributed by atoms with Crippen molar-refractivity contribution < 1.29 is 14.3 Å². The summed E-state index contributed by atoms with van der Waals surface area (Å²) in [4.78, 5) is 31.2. The molecule has 39 heavy (non-hydrogen) atoms. The Kier molecular flexibility index (Phi) is 7.96. The Morgan fingerprint density at radius 2 is 1.59 bits per heavy atom. The first-order chi connectivity index (χ1) is 19.1. The molecule has 2 heterocycles. The highest BCUT2D eigenvalue weighted by molar-refractivity contribution is 6.01. The van der Waals surface area contributed by atoms with Gasteiger partial charge in [-0.05, 0) is 55.3 Å². The minimum absolute atomic E-state index is 0.0546. The van der Waals surface area contributed by atoms with E-state index in [9.17, 15) is 9.59 Å². The molecule has 1 atom stereocenters. The minimum Gasteiger partial charge on any atom is -0.492 e. The van der Waals surface area contributed by atoms with Gasteiger partial charge in [0, 0.05) is 12.7 Å². The van der Waals surface area contributed by atoms with Gasteiger partial charge in [-0.15, -0.1) is 0 Å².